The number of hydrogen-bond donors (Lipinski definition) is 1. The van der Waals surface area contributed by atoms with Gasteiger partial charge in [0.2, 0.25) is 5.75 Å². The molecule has 2 amide bonds. The third-order valence-corrected chi connectivity index (χ3v) is 3.75. The highest BCUT2D eigenvalue weighted by molar-refractivity contribution is 5.95. The predicted molar refractivity (Wildman–Crippen MR) is 90.7 cm³/mol. The van der Waals surface area contributed by atoms with Gasteiger partial charge in [-0.25, -0.2) is 0 Å². The Hall–Kier alpha value is -2.44. The second-order valence-electron chi connectivity index (χ2n) is 5.52. The Bertz CT molecular complexity index is 563. The second kappa shape index (κ2) is 9.00. The van der Waals surface area contributed by atoms with Crippen molar-refractivity contribution < 1.29 is 23.8 Å². The number of carbonyl (C=O) groups excluding carboxylic acids is 2. The first-order chi connectivity index (χ1) is 11.3. The van der Waals surface area contributed by atoms with Gasteiger partial charge in [-0.2, -0.15) is 0 Å². The zero-order chi connectivity index (χ0) is 18.3. The van der Waals surface area contributed by atoms with E-state index in [0.717, 1.165) is 12.8 Å². The van der Waals surface area contributed by atoms with Gasteiger partial charge in [0, 0.05) is 18.7 Å². The summed E-state index contributed by atoms with van der Waals surface area (Å²) >= 11 is 0. The molecule has 0 saturated heterocycles. The van der Waals surface area contributed by atoms with Gasteiger partial charge >= 0.3 is 0 Å². The molecule has 1 aromatic carbocycles. The van der Waals surface area contributed by atoms with Gasteiger partial charge in [0.05, 0.1) is 14.2 Å². The summed E-state index contributed by atoms with van der Waals surface area (Å²) in [5.74, 6) is 0.0759. The van der Waals surface area contributed by atoms with Crippen LogP contribution in [0.2, 0.25) is 0 Å². The number of hydrogen-bond acceptors (Lipinski definition) is 5. The Kier molecular flexibility index (Phi) is 7.35. The first-order valence-electron chi connectivity index (χ1n) is 7.79. The van der Waals surface area contributed by atoms with Gasteiger partial charge in [-0.05, 0) is 25.5 Å². The quantitative estimate of drug-likeness (QED) is 0.742. The van der Waals surface area contributed by atoms with Crippen molar-refractivity contribution >= 4 is 11.8 Å². The van der Waals surface area contributed by atoms with Gasteiger partial charge in [0.1, 0.15) is 0 Å². The number of primary amides is 1. The third kappa shape index (κ3) is 4.78. The van der Waals surface area contributed by atoms with Crippen LogP contribution < -0.4 is 19.9 Å². The highest BCUT2D eigenvalue weighted by atomic mass is 16.5. The fourth-order valence-electron chi connectivity index (χ4n) is 2.30. The second-order valence-corrected chi connectivity index (χ2v) is 5.52. The Balaban J connectivity index is 3.17. The molecule has 0 aliphatic rings. The zero-order valence-corrected chi connectivity index (χ0v) is 14.9. The lowest BCUT2D eigenvalue weighted by molar-refractivity contribution is -0.120. The minimum Gasteiger partial charge on any atom is -0.493 e. The molecular weight excluding hydrogens is 312 g/mol. The molecule has 7 heteroatoms. The van der Waals surface area contributed by atoms with Crippen LogP contribution in [-0.2, 0) is 4.79 Å². The number of nitrogens with zero attached hydrogens (tertiary/aromatic N) is 1. The smallest absolute Gasteiger partial charge is 0.255 e. The van der Waals surface area contributed by atoms with Crippen LogP contribution in [0.15, 0.2) is 12.1 Å². The first-order valence-corrected chi connectivity index (χ1v) is 7.79. The SMILES string of the molecule is CCCC(C)N(C)C(=O)c1cc(OC)c(OCC(N)=O)c(OC)c1. The van der Waals surface area contributed by atoms with E-state index in [9.17, 15) is 9.59 Å². The van der Waals surface area contributed by atoms with E-state index in [4.69, 9.17) is 19.9 Å². The van der Waals surface area contributed by atoms with Gasteiger partial charge in [-0.3, -0.25) is 9.59 Å². The number of nitrogens with two attached hydrogens (primary N) is 1. The summed E-state index contributed by atoms with van der Waals surface area (Å²) in [5, 5.41) is 0. The molecule has 0 bridgehead atoms. The molecule has 1 rings (SSSR count). The molecule has 0 aliphatic carbocycles. The molecule has 0 radical (unpaired) electrons. The summed E-state index contributed by atoms with van der Waals surface area (Å²) in [7, 11) is 4.66. The average Bonchev–Trinajstić information content (AvgIpc) is 2.57. The normalized spacial score (nSPS) is 11.5. The van der Waals surface area contributed by atoms with Crippen molar-refractivity contribution in [2.24, 2.45) is 5.73 Å². The van der Waals surface area contributed by atoms with Crippen LogP contribution in [0.3, 0.4) is 0 Å². The van der Waals surface area contributed by atoms with Crippen LogP contribution in [0.1, 0.15) is 37.0 Å². The van der Waals surface area contributed by atoms with Crippen LogP contribution >= 0.6 is 0 Å². The van der Waals surface area contributed by atoms with E-state index in [1.807, 2.05) is 6.92 Å². The Morgan fingerprint density at radius 3 is 2.17 bits per heavy atom. The third-order valence-electron chi connectivity index (χ3n) is 3.75. The highest BCUT2D eigenvalue weighted by Gasteiger charge is 2.22. The largest absolute Gasteiger partial charge is 0.493 e. The molecule has 0 aromatic heterocycles. The van der Waals surface area contributed by atoms with Crippen LogP contribution in [-0.4, -0.2) is 50.6 Å². The van der Waals surface area contributed by atoms with E-state index in [1.165, 1.54) is 14.2 Å². The number of amides is 2. The maximum Gasteiger partial charge on any atom is 0.255 e. The van der Waals surface area contributed by atoms with Gasteiger partial charge in [0.15, 0.2) is 18.1 Å². The van der Waals surface area contributed by atoms with Crippen LogP contribution in [0.25, 0.3) is 0 Å². The van der Waals surface area contributed by atoms with Gasteiger partial charge in [-0.1, -0.05) is 13.3 Å². The number of ether oxygens (including phenoxy) is 3. The summed E-state index contributed by atoms with van der Waals surface area (Å²) in [5.41, 5.74) is 5.51. The number of rotatable bonds is 9. The summed E-state index contributed by atoms with van der Waals surface area (Å²) in [6.07, 6.45) is 1.90. The van der Waals surface area contributed by atoms with Crippen molar-refractivity contribution in [3.63, 3.8) is 0 Å². The average molecular weight is 338 g/mol. The number of benzene rings is 1. The van der Waals surface area contributed by atoms with Crippen LogP contribution in [0, 0.1) is 0 Å². The van der Waals surface area contributed by atoms with Crippen molar-refractivity contribution in [1.82, 2.24) is 4.90 Å². The molecule has 0 heterocycles. The van der Waals surface area contributed by atoms with Crippen molar-refractivity contribution in [1.29, 1.82) is 0 Å². The molecule has 0 fully saturated rings. The van der Waals surface area contributed by atoms with Crippen LogP contribution in [0.4, 0.5) is 0 Å². The predicted octanol–water partition coefficient (Wildman–Crippen LogP) is 1.83. The minimum absolute atomic E-state index is 0.116. The summed E-state index contributed by atoms with van der Waals surface area (Å²) < 4.78 is 15.9. The Morgan fingerprint density at radius 2 is 1.75 bits per heavy atom. The van der Waals surface area contributed by atoms with Crippen molar-refractivity contribution in [2.45, 2.75) is 32.7 Å². The topological polar surface area (TPSA) is 91.1 Å². The van der Waals surface area contributed by atoms with Crippen molar-refractivity contribution in [2.75, 3.05) is 27.9 Å². The molecule has 24 heavy (non-hydrogen) atoms. The van der Waals surface area contributed by atoms with E-state index in [-0.39, 0.29) is 24.3 Å². The van der Waals surface area contributed by atoms with E-state index in [1.54, 1.807) is 24.1 Å². The standard InChI is InChI=1S/C17H26N2O5/c1-6-7-11(2)19(3)17(21)12-8-13(22-4)16(14(9-12)23-5)24-10-15(18)20/h8-9,11H,6-7,10H2,1-5H3,(H2,18,20). The van der Waals surface area contributed by atoms with Gasteiger partial charge < -0.3 is 24.8 Å². The van der Waals surface area contributed by atoms with E-state index in [2.05, 4.69) is 6.92 Å². The number of carbonyl (C=O) groups is 2. The van der Waals surface area contributed by atoms with Gasteiger partial charge in [-0.15, -0.1) is 0 Å². The lowest BCUT2D eigenvalue weighted by atomic mass is 10.1. The first kappa shape index (κ1) is 19.6. The highest BCUT2D eigenvalue weighted by Crippen LogP contribution is 2.38. The van der Waals surface area contributed by atoms with Crippen LogP contribution in [0.5, 0.6) is 17.2 Å². The molecule has 0 aliphatic heterocycles. The van der Waals surface area contributed by atoms with E-state index < -0.39 is 5.91 Å². The molecule has 1 atom stereocenters. The fourth-order valence-corrected chi connectivity index (χ4v) is 2.30. The molecule has 7 nitrogen and oxygen atoms in total. The summed E-state index contributed by atoms with van der Waals surface area (Å²) in [6.45, 7) is 3.76. The molecule has 0 saturated carbocycles. The maximum atomic E-state index is 12.7. The Labute approximate surface area is 142 Å². The summed E-state index contributed by atoms with van der Waals surface area (Å²) in [4.78, 5) is 25.3. The summed E-state index contributed by atoms with van der Waals surface area (Å²) in [6, 6.07) is 3.25. The molecule has 134 valence electrons. The molecule has 0 spiro atoms. The Morgan fingerprint density at radius 1 is 1.21 bits per heavy atom. The monoisotopic (exact) mass is 338 g/mol. The zero-order valence-electron chi connectivity index (χ0n) is 14.9. The maximum absolute atomic E-state index is 12.7. The fraction of sp³-hybridized carbons (Fsp3) is 0.529. The molecular formula is C17H26N2O5. The molecule has 1 aromatic rings. The van der Waals surface area contributed by atoms with Crippen molar-refractivity contribution in [3.8, 4) is 17.2 Å². The van der Waals surface area contributed by atoms with Gasteiger partial charge in [0.25, 0.3) is 11.8 Å². The minimum atomic E-state index is -0.618. The van der Waals surface area contributed by atoms with E-state index >= 15 is 0 Å². The lowest BCUT2D eigenvalue weighted by Crippen LogP contribution is -2.35. The van der Waals surface area contributed by atoms with Crippen molar-refractivity contribution in [3.05, 3.63) is 17.7 Å². The lowest BCUT2D eigenvalue weighted by Gasteiger charge is -2.25. The van der Waals surface area contributed by atoms with E-state index in [0.29, 0.717) is 17.1 Å². The molecule has 2 N–H and O–H groups in total. The number of methoxy groups -OCH3 is 2. The molecule has 1 unspecified atom stereocenters.